The number of quaternary nitrogens is 1. The molecule has 1 N–H and O–H groups in total. The summed E-state index contributed by atoms with van der Waals surface area (Å²) in [4.78, 5) is 25.5. The number of aliphatic carboxylic acids is 1. The number of carboxylic acid groups (broad SMARTS) is 1. The minimum absolute atomic E-state index is 0.00688. The van der Waals surface area contributed by atoms with Gasteiger partial charge in [-0.1, -0.05) is 97.3 Å². The Balaban J connectivity index is 4.27. The van der Waals surface area contributed by atoms with E-state index in [0.717, 1.165) is 43.5 Å². The van der Waals surface area contributed by atoms with Crippen LogP contribution in [-0.4, -0.2) is 66.6 Å². The van der Waals surface area contributed by atoms with Crippen molar-refractivity contribution in [3.05, 3.63) is 0 Å². The van der Waals surface area contributed by atoms with Crippen LogP contribution in [0.15, 0.2) is 0 Å². The van der Waals surface area contributed by atoms with Gasteiger partial charge in [0.05, 0.1) is 40.2 Å². The molecule has 0 rings (SSSR count). The van der Waals surface area contributed by atoms with E-state index in [0.29, 0.717) is 0 Å². The maximum atomic E-state index is 12.7. The number of carbonyl (C=O) groups excluding carboxylic acids is 1. The van der Waals surface area contributed by atoms with E-state index in [1.165, 1.54) is 89.9 Å². The number of carbonyl (C=O) groups is 2. The summed E-state index contributed by atoms with van der Waals surface area (Å²) in [5, 5.41) is 8.97. The van der Waals surface area contributed by atoms with E-state index in [1.807, 2.05) is 4.90 Å². The Labute approximate surface area is 205 Å². The van der Waals surface area contributed by atoms with E-state index in [9.17, 15) is 9.59 Å². The lowest BCUT2D eigenvalue weighted by molar-refractivity contribution is -0.889. The Hall–Kier alpha value is -1.10. The number of hydrogen-bond acceptors (Lipinski definition) is 2. The maximum absolute atomic E-state index is 12.7. The molecule has 0 heterocycles. The van der Waals surface area contributed by atoms with Gasteiger partial charge in [-0.15, -0.1) is 0 Å². The normalized spacial score (nSPS) is 11.6. The number of amides is 1. The summed E-state index contributed by atoms with van der Waals surface area (Å²) in [5.41, 5.74) is 0. The summed E-state index contributed by atoms with van der Waals surface area (Å²) in [6.07, 6.45) is 20.7. The molecule has 0 aliphatic rings. The third kappa shape index (κ3) is 21.2. The topological polar surface area (TPSA) is 57.6 Å². The lowest BCUT2D eigenvalue weighted by Gasteiger charge is -2.33. The lowest BCUT2D eigenvalue weighted by Crippen LogP contribution is -2.47. The highest BCUT2D eigenvalue weighted by Crippen LogP contribution is 2.12. The van der Waals surface area contributed by atoms with E-state index in [-0.39, 0.29) is 18.7 Å². The minimum atomic E-state index is -0.888. The van der Waals surface area contributed by atoms with Gasteiger partial charge in [0.1, 0.15) is 0 Å². The molecule has 0 aromatic carbocycles. The fourth-order valence-electron chi connectivity index (χ4n) is 4.35. The molecule has 0 fully saturated rings. The summed E-state index contributed by atoms with van der Waals surface area (Å²) in [5.74, 6) is -0.881. The second-order valence-electron chi connectivity index (χ2n) is 10.6. The molecule has 0 aliphatic heterocycles. The standard InChI is InChI=1S/C28H56N2O3/c1-5-7-9-11-13-15-17-19-23-29(27(31)21-22-28(32)33)24-26-30(3,4)25-20-18-16-14-12-10-8-6-2/h5-26H2,1-4H3/p+1. The molecular formula is C28H57N2O3+. The van der Waals surface area contributed by atoms with Crippen molar-refractivity contribution in [2.75, 3.05) is 40.3 Å². The monoisotopic (exact) mass is 469 g/mol. The van der Waals surface area contributed by atoms with Gasteiger partial charge in [0.25, 0.3) is 0 Å². The molecule has 0 atom stereocenters. The quantitative estimate of drug-likeness (QED) is 0.122. The first-order valence-corrected chi connectivity index (χ1v) is 14.1. The Kier molecular flexibility index (Phi) is 20.7. The summed E-state index contributed by atoms with van der Waals surface area (Å²) in [7, 11) is 4.52. The SMILES string of the molecule is CCCCCCCCCCN(CC[N+](C)(C)CCCCCCCCCC)C(=O)CCC(=O)O. The molecule has 33 heavy (non-hydrogen) atoms. The van der Waals surface area contributed by atoms with Crippen LogP contribution in [0.25, 0.3) is 0 Å². The summed E-state index contributed by atoms with van der Waals surface area (Å²) < 4.78 is 0.927. The van der Waals surface area contributed by atoms with Gasteiger partial charge in [-0.3, -0.25) is 9.59 Å². The first-order chi connectivity index (χ1) is 15.8. The number of likely N-dealkylation sites (N-methyl/N-ethyl adjacent to an activating group) is 1. The van der Waals surface area contributed by atoms with Gasteiger partial charge >= 0.3 is 5.97 Å². The fraction of sp³-hybridized carbons (Fsp3) is 0.929. The van der Waals surface area contributed by atoms with Crippen molar-refractivity contribution in [2.45, 2.75) is 129 Å². The zero-order valence-corrected chi connectivity index (χ0v) is 22.7. The Morgan fingerprint density at radius 2 is 1.06 bits per heavy atom. The number of hydrogen-bond donors (Lipinski definition) is 1. The molecule has 0 unspecified atom stereocenters. The van der Waals surface area contributed by atoms with E-state index in [4.69, 9.17) is 5.11 Å². The van der Waals surface area contributed by atoms with Crippen molar-refractivity contribution in [1.29, 1.82) is 0 Å². The third-order valence-corrected chi connectivity index (χ3v) is 6.78. The largest absolute Gasteiger partial charge is 0.481 e. The van der Waals surface area contributed by atoms with Crippen LogP contribution < -0.4 is 0 Å². The van der Waals surface area contributed by atoms with E-state index in [2.05, 4.69) is 27.9 Å². The van der Waals surface area contributed by atoms with E-state index in [1.54, 1.807) is 0 Å². The van der Waals surface area contributed by atoms with Gasteiger partial charge in [-0.25, -0.2) is 0 Å². The number of rotatable bonds is 24. The van der Waals surface area contributed by atoms with Gasteiger partial charge in [0.2, 0.25) is 5.91 Å². The third-order valence-electron chi connectivity index (χ3n) is 6.78. The fourth-order valence-corrected chi connectivity index (χ4v) is 4.35. The van der Waals surface area contributed by atoms with Gasteiger partial charge in [0.15, 0.2) is 0 Å². The average molecular weight is 470 g/mol. The second kappa shape index (κ2) is 21.4. The summed E-state index contributed by atoms with van der Waals surface area (Å²) >= 11 is 0. The highest BCUT2D eigenvalue weighted by atomic mass is 16.4. The van der Waals surface area contributed by atoms with Gasteiger partial charge < -0.3 is 14.5 Å². The first kappa shape index (κ1) is 31.9. The molecule has 1 amide bonds. The lowest BCUT2D eigenvalue weighted by atomic mass is 10.1. The van der Waals surface area contributed by atoms with Crippen LogP contribution in [0.5, 0.6) is 0 Å². The molecule has 0 aliphatic carbocycles. The predicted molar refractivity (Wildman–Crippen MR) is 141 cm³/mol. The van der Waals surface area contributed by atoms with Crippen molar-refractivity contribution in [1.82, 2.24) is 4.90 Å². The number of carboxylic acids is 1. The average Bonchev–Trinajstić information content (AvgIpc) is 2.77. The zero-order chi connectivity index (χ0) is 24.8. The number of nitrogens with zero attached hydrogens (tertiary/aromatic N) is 2. The number of unbranched alkanes of at least 4 members (excludes halogenated alkanes) is 14. The van der Waals surface area contributed by atoms with Crippen LogP contribution in [0, 0.1) is 0 Å². The van der Waals surface area contributed by atoms with Crippen LogP contribution in [-0.2, 0) is 9.59 Å². The highest BCUT2D eigenvalue weighted by molar-refractivity contribution is 5.80. The zero-order valence-electron chi connectivity index (χ0n) is 22.7. The molecule has 0 spiro atoms. The Morgan fingerprint density at radius 3 is 1.55 bits per heavy atom. The smallest absolute Gasteiger partial charge is 0.303 e. The molecule has 0 radical (unpaired) electrons. The molecule has 196 valence electrons. The first-order valence-electron chi connectivity index (χ1n) is 14.1. The second-order valence-corrected chi connectivity index (χ2v) is 10.6. The van der Waals surface area contributed by atoms with Crippen LogP contribution in [0.2, 0.25) is 0 Å². The Morgan fingerprint density at radius 1 is 0.606 bits per heavy atom. The molecule has 0 aromatic rings. The van der Waals surface area contributed by atoms with E-state index >= 15 is 0 Å². The van der Waals surface area contributed by atoms with E-state index < -0.39 is 5.97 Å². The van der Waals surface area contributed by atoms with Gasteiger partial charge in [-0.05, 0) is 19.3 Å². The molecule has 0 bridgehead atoms. The van der Waals surface area contributed by atoms with Crippen molar-refractivity contribution < 1.29 is 19.2 Å². The molecule has 0 saturated heterocycles. The van der Waals surface area contributed by atoms with Crippen molar-refractivity contribution in [3.8, 4) is 0 Å². The maximum Gasteiger partial charge on any atom is 0.303 e. The van der Waals surface area contributed by atoms with Gasteiger partial charge in [-0.2, -0.15) is 0 Å². The molecular weight excluding hydrogens is 412 g/mol. The van der Waals surface area contributed by atoms with Crippen LogP contribution in [0.1, 0.15) is 129 Å². The Bertz CT molecular complexity index is 480. The minimum Gasteiger partial charge on any atom is -0.481 e. The van der Waals surface area contributed by atoms with Crippen LogP contribution in [0.3, 0.4) is 0 Å². The molecule has 0 saturated carbocycles. The van der Waals surface area contributed by atoms with Crippen molar-refractivity contribution in [2.24, 2.45) is 0 Å². The summed E-state index contributed by atoms with van der Waals surface area (Å²) in [6.45, 7) is 8.09. The van der Waals surface area contributed by atoms with Crippen LogP contribution >= 0.6 is 0 Å². The van der Waals surface area contributed by atoms with Crippen LogP contribution in [0.4, 0.5) is 0 Å². The van der Waals surface area contributed by atoms with Gasteiger partial charge in [0, 0.05) is 13.0 Å². The summed E-state index contributed by atoms with van der Waals surface area (Å²) in [6, 6.07) is 0. The van der Waals surface area contributed by atoms with Crippen molar-refractivity contribution >= 4 is 11.9 Å². The molecule has 5 nitrogen and oxygen atoms in total. The predicted octanol–water partition coefficient (Wildman–Crippen LogP) is 7.04. The highest BCUT2D eigenvalue weighted by Gasteiger charge is 2.20. The molecule has 0 aromatic heterocycles. The van der Waals surface area contributed by atoms with Crippen molar-refractivity contribution in [3.63, 3.8) is 0 Å². The molecule has 5 heteroatoms.